The fourth-order valence-corrected chi connectivity index (χ4v) is 5.06. The van der Waals surface area contributed by atoms with Crippen LogP contribution in [0.15, 0.2) is 23.1 Å². The number of nitrogens with zero attached hydrogens (tertiary/aromatic N) is 3. The summed E-state index contributed by atoms with van der Waals surface area (Å²) >= 11 is 1.32. The van der Waals surface area contributed by atoms with Gasteiger partial charge < -0.3 is 0 Å². The minimum Gasteiger partial charge on any atom is -0.271 e. The van der Waals surface area contributed by atoms with E-state index in [9.17, 15) is 8.42 Å². The molecule has 116 valence electrons. The number of anilines is 1. The largest absolute Gasteiger partial charge is 0.271 e. The standard InChI is InChI=1S/C14H16N4O2S2/c1-8-6-5-7-11-12(8)15-14(21-11)17-22(19,20)13-9(2)16-18(4)10(13)3/h5-7H,1-4H3,(H,15,17). The SMILES string of the molecule is Cc1nn(C)c(C)c1S(=O)(=O)Nc1nc2c(C)cccc2s1. The van der Waals surface area contributed by atoms with Crippen LogP contribution in [0.1, 0.15) is 17.0 Å². The molecule has 0 bridgehead atoms. The molecule has 0 aliphatic carbocycles. The first kappa shape index (κ1) is 15.0. The van der Waals surface area contributed by atoms with Crippen LogP contribution in [0.5, 0.6) is 0 Å². The summed E-state index contributed by atoms with van der Waals surface area (Å²) in [5, 5.41) is 4.52. The van der Waals surface area contributed by atoms with Crippen molar-refractivity contribution in [2.24, 2.45) is 7.05 Å². The summed E-state index contributed by atoms with van der Waals surface area (Å²) in [7, 11) is -1.98. The molecule has 0 saturated carbocycles. The molecule has 3 rings (SSSR count). The van der Waals surface area contributed by atoms with Gasteiger partial charge in [-0.1, -0.05) is 23.5 Å². The lowest BCUT2D eigenvalue weighted by Gasteiger charge is -2.05. The van der Waals surface area contributed by atoms with Crippen LogP contribution in [-0.2, 0) is 17.1 Å². The van der Waals surface area contributed by atoms with Crippen molar-refractivity contribution in [1.29, 1.82) is 0 Å². The molecule has 8 heteroatoms. The third kappa shape index (κ3) is 2.38. The number of sulfonamides is 1. The number of nitrogens with one attached hydrogen (secondary N) is 1. The topological polar surface area (TPSA) is 76.9 Å². The fraction of sp³-hybridized carbons (Fsp3) is 0.286. The summed E-state index contributed by atoms with van der Waals surface area (Å²) in [6.45, 7) is 5.37. The zero-order valence-electron chi connectivity index (χ0n) is 12.7. The van der Waals surface area contributed by atoms with E-state index in [1.807, 2.05) is 25.1 Å². The molecular formula is C14H16N4O2S2. The van der Waals surface area contributed by atoms with Gasteiger partial charge in [0.2, 0.25) is 0 Å². The zero-order chi connectivity index (χ0) is 16.1. The Morgan fingerprint density at radius 3 is 2.55 bits per heavy atom. The van der Waals surface area contributed by atoms with Crippen LogP contribution in [-0.4, -0.2) is 23.2 Å². The van der Waals surface area contributed by atoms with Crippen LogP contribution in [0.4, 0.5) is 5.13 Å². The van der Waals surface area contributed by atoms with Crippen LogP contribution in [0.2, 0.25) is 0 Å². The molecule has 0 atom stereocenters. The maximum Gasteiger partial charge on any atom is 0.267 e. The van der Waals surface area contributed by atoms with Gasteiger partial charge in [-0.3, -0.25) is 9.40 Å². The van der Waals surface area contributed by atoms with Crippen molar-refractivity contribution in [3.05, 3.63) is 35.2 Å². The Bertz CT molecular complexity index is 970. The number of hydrogen-bond acceptors (Lipinski definition) is 5. The molecule has 0 unspecified atom stereocenters. The van der Waals surface area contributed by atoms with Gasteiger partial charge in [-0.2, -0.15) is 5.10 Å². The average Bonchev–Trinajstić information content (AvgIpc) is 2.91. The predicted octanol–water partition coefficient (Wildman–Crippen LogP) is 2.76. The van der Waals surface area contributed by atoms with Gasteiger partial charge in [0.05, 0.1) is 21.6 Å². The maximum absolute atomic E-state index is 12.6. The van der Waals surface area contributed by atoms with Gasteiger partial charge in [0.25, 0.3) is 10.0 Å². The van der Waals surface area contributed by atoms with Crippen LogP contribution >= 0.6 is 11.3 Å². The lowest BCUT2D eigenvalue weighted by Crippen LogP contribution is -2.14. The highest BCUT2D eigenvalue weighted by Gasteiger charge is 2.25. The third-order valence-corrected chi connectivity index (χ3v) is 6.21. The summed E-state index contributed by atoms with van der Waals surface area (Å²) in [6, 6.07) is 5.82. The highest BCUT2D eigenvalue weighted by atomic mass is 32.2. The molecule has 0 fully saturated rings. The van der Waals surface area contributed by atoms with E-state index in [-0.39, 0.29) is 4.90 Å². The van der Waals surface area contributed by atoms with E-state index < -0.39 is 10.0 Å². The van der Waals surface area contributed by atoms with Crippen molar-refractivity contribution in [3.63, 3.8) is 0 Å². The van der Waals surface area contributed by atoms with Crippen LogP contribution < -0.4 is 4.72 Å². The smallest absolute Gasteiger partial charge is 0.267 e. The average molecular weight is 336 g/mol. The molecule has 1 aromatic carbocycles. The highest BCUT2D eigenvalue weighted by molar-refractivity contribution is 7.93. The van der Waals surface area contributed by atoms with Gasteiger partial charge in [-0.05, 0) is 32.4 Å². The maximum atomic E-state index is 12.6. The Labute approximate surface area is 132 Å². The first-order valence-electron chi connectivity index (χ1n) is 6.69. The second-order valence-corrected chi connectivity index (χ2v) is 7.82. The molecule has 22 heavy (non-hydrogen) atoms. The van der Waals surface area contributed by atoms with Crippen molar-refractivity contribution >= 4 is 36.7 Å². The number of thiazole rings is 1. The van der Waals surface area contributed by atoms with E-state index in [1.54, 1.807) is 25.6 Å². The van der Waals surface area contributed by atoms with Gasteiger partial charge >= 0.3 is 0 Å². The molecular weight excluding hydrogens is 320 g/mol. The number of para-hydroxylation sites is 1. The molecule has 0 aliphatic rings. The Morgan fingerprint density at radius 2 is 1.95 bits per heavy atom. The predicted molar refractivity (Wildman–Crippen MR) is 87.8 cm³/mol. The zero-order valence-corrected chi connectivity index (χ0v) is 14.3. The van der Waals surface area contributed by atoms with Crippen LogP contribution in [0.25, 0.3) is 10.2 Å². The molecule has 0 aliphatic heterocycles. The van der Waals surface area contributed by atoms with Gasteiger partial charge in [0.15, 0.2) is 5.13 Å². The number of benzene rings is 1. The minimum atomic E-state index is -3.70. The molecule has 0 radical (unpaired) electrons. The summed E-state index contributed by atoms with van der Waals surface area (Å²) in [5.74, 6) is 0. The monoisotopic (exact) mass is 336 g/mol. The lowest BCUT2D eigenvalue weighted by molar-refractivity contribution is 0.599. The number of fused-ring (bicyclic) bond motifs is 1. The summed E-state index contributed by atoms with van der Waals surface area (Å²) in [4.78, 5) is 4.60. The Hall–Kier alpha value is -1.93. The normalized spacial score (nSPS) is 12.0. The van der Waals surface area contributed by atoms with E-state index in [0.29, 0.717) is 16.5 Å². The van der Waals surface area contributed by atoms with Crippen molar-refractivity contribution in [3.8, 4) is 0 Å². The first-order valence-corrected chi connectivity index (χ1v) is 8.99. The van der Waals surface area contributed by atoms with Gasteiger partial charge in [-0.25, -0.2) is 13.4 Å². The molecule has 6 nitrogen and oxygen atoms in total. The highest BCUT2D eigenvalue weighted by Crippen LogP contribution is 2.30. The number of aryl methyl sites for hydroxylation is 3. The van der Waals surface area contributed by atoms with E-state index in [1.165, 1.54) is 11.3 Å². The Morgan fingerprint density at radius 1 is 1.23 bits per heavy atom. The number of aromatic nitrogens is 3. The van der Waals surface area contributed by atoms with Crippen molar-refractivity contribution in [1.82, 2.24) is 14.8 Å². The summed E-state index contributed by atoms with van der Waals surface area (Å²) in [5.41, 5.74) is 2.92. The van der Waals surface area contributed by atoms with E-state index in [0.717, 1.165) is 15.8 Å². The van der Waals surface area contributed by atoms with Crippen LogP contribution in [0.3, 0.4) is 0 Å². The second kappa shape index (κ2) is 5.06. The summed E-state index contributed by atoms with van der Waals surface area (Å²) in [6.07, 6.45) is 0. The Kier molecular flexibility index (Phi) is 3.45. The first-order chi connectivity index (χ1) is 10.3. The molecule has 0 amide bonds. The summed E-state index contributed by atoms with van der Waals surface area (Å²) < 4.78 is 30.3. The minimum absolute atomic E-state index is 0.214. The van der Waals surface area contributed by atoms with Gasteiger partial charge in [0, 0.05) is 7.05 Å². The molecule has 2 aromatic heterocycles. The molecule has 3 aromatic rings. The quantitative estimate of drug-likeness (QED) is 0.798. The van der Waals surface area contributed by atoms with Gasteiger partial charge in [0.1, 0.15) is 4.90 Å². The Balaban J connectivity index is 2.05. The van der Waals surface area contributed by atoms with Crippen molar-refractivity contribution < 1.29 is 8.42 Å². The second-order valence-electron chi connectivity index (χ2n) is 5.17. The van der Waals surface area contributed by atoms with Gasteiger partial charge in [-0.15, -0.1) is 0 Å². The molecule has 1 N–H and O–H groups in total. The van der Waals surface area contributed by atoms with E-state index in [2.05, 4.69) is 14.8 Å². The molecule has 2 heterocycles. The lowest BCUT2D eigenvalue weighted by atomic mass is 10.2. The number of rotatable bonds is 3. The van der Waals surface area contributed by atoms with E-state index in [4.69, 9.17) is 0 Å². The van der Waals surface area contributed by atoms with E-state index >= 15 is 0 Å². The molecule has 0 spiro atoms. The fourth-order valence-electron chi connectivity index (χ4n) is 2.44. The number of hydrogen-bond donors (Lipinski definition) is 1. The molecule has 0 saturated heterocycles. The van der Waals surface area contributed by atoms with Crippen LogP contribution in [0, 0.1) is 20.8 Å². The third-order valence-electron chi connectivity index (χ3n) is 3.55. The van der Waals surface area contributed by atoms with Crippen molar-refractivity contribution in [2.75, 3.05) is 4.72 Å². The van der Waals surface area contributed by atoms with Crippen molar-refractivity contribution in [2.45, 2.75) is 25.7 Å².